The third-order valence-electron chi connectivity index (χ3n) is 3.42. The quantitative estimate of drug-likeness (QED) is 0.571. The first-order valence-electron chi connectivity index (χ1n) is 8.01. The molecule has 0 heterocycles. The molecule has 0 aromatic heterocycles. The number of benzene rings is 1. The van der Waals surface area contributed by atoms with Gasteiger partial charge in [0.2, 0.25) is 0 Å². The number of rotatable bonds is 8. The van der Waals surface area contributed by atoms with Gasteiger partial charge in [0.1, 0.15) is 11.6 Å². The molecule has 0 saturated carbocycles. The van der Waals surface area contributed by atoms with Crippen molar-refractivity contribution >= 4 is 17.3 Å². The highest BCUT2D eigenvalue weighted by Crippen LogP contribution is 2.17. The standard InChI is InChI=1S/C18H26N4O/c1-5-22(6-2)17-9-7-16(8-10-17)20-13-15(11-19)18(23)21-12-14(3)4/h7-10,13-14,20H,5-6,12H2,1-4H3,(H,21,23)/b15-13-. The molecule has 1 aromatic rings. The van der Waals surface area contributed by atoms with E-state index in [4.69, 9.17) is 5.26 Å². The van der Waals surface area contributed by atoms with Gasteiger partial charge in [-0.1, -0.05) is 13.8 Å². The van der Waals surface area contributed by atoms with Crippen LogP contribution < -0.4 is 15.5 Å². The number of carbonyl (C=O) groups excluding carboxylic acids is 1. The van der Waals surface area contributed by atoms with Crippen LogP contribution >= 0.6 is 0 Å². The van der Waals surface area contributed by atoms with Crippen LogP contribution in [0.15, 0.2) is 36.0 Å². The average Bonchev–Trinajstić information content (AvgIpc) is 2.55. The van der Waals surface area contributed by atoms with Crippen LogP contribution in [0.1, 0.15) is 27.7 Å². The van der Waals surface area contributed by atoms with Crippen molar-refractivity contribution in [1.29, 1.82) is 5.26 Å². The Balaban J connectivity index is 2.70. The Labute approximate surface area is 139 Å². The molecule has 0 atom stereocenters. The summed E-state index contributed by atoms with van der Waals surface area (Å²) >= 11 is 0. The minimum absolute atomic E-state index is 0.0680. The maximum absolute atomic E-state index is 11.9. The lowest BCUT2D eigenvalue weighted by Gasteiger charge is -2.21. The van der Waals surface area contributed by atoms with Crippen LogP contribution in [0.2, 0.25) is 0 Å². The van der Waals surface area contributed by atoms with Crippen LogP contribution in [-0.2, 0) is 4.79 Å². The van der Waals surface area contributed by atoms with E-state index in [9.17, 15) is 4.79 Å². The molecule has 0 aliphatic carbocycles. The number of amides is 1. The summed E-state index contributed by atoms with van der Waals surface area (Å²) in [5.74, 6) is -0.00654. The lowest BCUT2D eigenvalue weighted by molar-refractivity contribution is -0.117. The van der Waals surface area contributed by atoms with Crippen molar-refractivity contribution in [3.8, 4) is 6.07 Å². The van der Waals surface area contributed by atoms with Gasteiger partial charge in [-0.25, -0.2) is 0 Å². The zero-order chi connectivity index (χ0) is 17.2. The average molecular weight is 314 g/mol. The molecule has 0 unspecified atom stereocenters. The van der Waals surface area contributed by atoms with Crippen molar-refractivity contribution in [1.82, 2.24) is 5.32 Å². The molecule has 2 N–H and O–H groups in total. The Bertz CT molecular complexity index is 566. The number of nitriles is 1. The Morgan fingerprint density at radius 3 is 2.35 bits per heavy atom. The predicted octanol–water partition coefficient (Wildman–Crippen LogP) is 3.12. The Morgan fingerprint density at radius 1 is 1.26 bits per heavy atom. The second-order valence-corrected chi connectivity index (χ2v) is 5.64. The summed E-state index contributed by atoms with van der Waals surface area (Å²) < 4.78 is 0. The van der Waals surface area contributed by atoms with Crippen molar-refractivity contribution in [3.05, 3.63) is 36.0 Å². The lowest BCUT2D eigenvalue weighted by Crippen LogP contribution is -2.28. The number of hydrogen-bond acceptors (Lipinski definition) is 4. The van der Waals surface area contributed by atoms with Crippen LogP contribution in [-0.4, -0.2) is 25.5 Å². The van der Waals surface area contributed by atoms with E-state index in [1.54, 1.807) is 0 Å². The molecule has 0 radical (unpaired) electrons. The number of carbonyl (C=O) groups is 1. The first-order valence-corrected chi connectivity index (χ1v) is 8.01. The van der Waals surface area contributed by atoms with E-state index in [1.165, 1.54) is 6.20 Å². The topological polar surface area (TPSA) is 68.2 Å². The molecular formula is C18H26N4O. The van der Waals surface area contributed by atoms with Crippen molar-refractivity contribution in [3.63, 3.8) is 0 Å². The van der Waals surface area contributed by atoms with E-state index >= 15 is 0 Å². The third kappa shape index (κ3) is 6.03. The molecule has 1 aromatic carbocycles. The molecular weight excluding hydrogens is 288 g/mol. The number of nitrogens with zero attached hydrogens (tertiary/aromatic N) is 2. The largest absolute Gasteiger partial charge is 0.372 e. The highest BCUT2D eigenvalue weighted by molar-refractivity contribution is 5.97. The van der Waals surface area contributed by atoms with Crippen LogP contribution in [0.25, 0.3) is 0 Å². The summed E-state index contributed by atoms with van der Waals surface area (Å²) in [6.07, 6.45) is 1.45. The molecule has 0 aliphatic heterocycles. The monoisotopic (exact) mass is 314 g/mol. The van der Waals surface area contributed by atoms with Crippen LogP contribution in [0, 0.1) is 17.2 Å². The molecule has 0 spiro atoms. The van der Waals surface area contributed by atoms with Crippen molar-refractivity contribution < 1.29 is 4.79 Å². The second-order valence-electron chi connectivity index (χ2n) is 5.64. The minimum Gasteiger partial charge on any atom is -0.372 e. The molecule has 5 nitrogen and oxygen atoms in total. The molecule has 1 rings (SSSR count). The van der Waals surface area contributed by atoms with Gasteiger partial charge in [-0.15, -0.1) is 0 Å². The minimum atomic E-state index is -0.353. The highest BCUT2D eigenvalue weighted by atomic mass is 16.1. The van der Waals surface area contributed by atoms with E-state index < -0.39 is 0 Å². The van der Waals surface area contributed by atoms with E-state index in [-0.39, 0.29) is 11.5 Å². The number of nitrogens with one attached hydrogen (secondary N) is 2. The third-order valence-corrected chi connectivity index (χ3v) is 3.42. The van der Waals surface area contributed by atoms with Gasteiger partial charge in [0.25, 0.3) is 5.91 Å². The molecule has 0 fully saturated rings. The first kappa shape index (κ1) is 18.6. The highest BCUT2D eigenvalue weighted by Gasteiger charge is 2.08. The van der Waals surface area contributed by atoms with E-state index in [0.717, 1.165) is 24.5 Å². The van der Waals surface area contributed by atoms with Crippen LogP contribution in [0.5, 0.6) is 0 Å². The molecule has 1 amide bonds. The Kier molecular flexibility index (Phi) is 7.69. The summed E-state index contributed by atoms with van der Waals surface area (Å²) in [6.45, 7) is 10.7. The number of hydrogen-bond donors (Lipinski definition) is 2. The fraction of sp³-hybridized carbons (Fsp3) is 0.444. The molecule has 124 valence electrons. The van der Waals surface area contributed by atoms with E-state index in [0.29, 0.717) is 12.5 Å². The second kappa shape index (κ2) is 9.52. The van der Waals surface area contributed by atoms with Crippen LogP contribution in [0.3, 0.4) is 0 Å². The van der Waals surface area contributed by atoms with E-state index in [2.05, 4.69) is 29.4 Å². The summed E-state index contributed by atoms with van der Waals surface area (Å²) in [5, 5.41) is 14.8. The summed E-state index contributed by atoms with van der Waals surface area (Å²) in [6, 6.07) is 9.84. The van der Waals surface area contributed by atoms with E-state index in [1.807, 2.05) is 44.2 Å². The summed E-state index contributed by atoms with van der Waals surface area (Å²) in [7, 11) is 0. The summed E-state index contributed by atoms with van der Waals surface area (Å²) in [4.78, 5) is 14.1. The van der Waals surface area contributed by atoms with Gasteiger partial charge < -0.3 is 15.5 Å². The molecule has 0 bridgehead atoms. The van der Waals surface area contributed by atoms with Gasteiger partial charge in [0, 0.05) is 37.2 Å². The van der Waals surface area contributed by atoms with Gasteiger partial charge in [-0.05, 0) is 44.0 Å². The zero-order valence-electron chi connectivity index (χ0n) is 14.4. The predicted molar refractivity (Wildman–Crippen MR) is 95.2 cm³/mol. The zero-order valence-corrected chi connectivity index (χ0v) is 14.4. The normalized spacial score (nSPS) is 11.0. The SMILES string of the molecule is CCN(CC)c1ccc(N/C=C(/C#N)C(=O)NCC(C)C)cc1. The molecule has 23 heavy (non-hydrogen) atoms. The van der Waals surface area contributed by atoms with Crippen molar-refractivity contribution in [2.75, 3.05) is 29.9 Å². The summed E-state index contributed by atoms with van der Waals surface area (Å²) in [5.41, 5.74) is 2.06. The Hall–Kier alpha value is -2.48. The Morgan fingerprint density at radius 2 is 1.87 bits per heavy atom. The maximum Gasteiger partial charge on any atom is 0.263 e. The van der Waals surface area contributed by atoms with Crippen LogP contribution in [0.4, 0.5) is 11.4 Å². The van der Waals surface area contributed by atoms with Gasteiger partial charge in [-0.3, -0.25) is 4.79 Å². The number of anilines is 2. The van der Waals surface area contributed by atoms with Gasteiger partial charge in [-0.2, -0.15) is 5.26 Å². The fourth-order valence-corrected chi connectivity index (χ4v) is 2.05. The smallest absolute Gasteiger partial charge is 0.263 e. The fourth-order valence-electron chi connectivity index (χ4n) is 2.05. The lowest BCUT2D eigenvalue weighted by atomic mass is 10.2. The maximum atomic E-state index is 11.9. The van der Waals surface area contributed by atoms with Crippen molar-refractivity contribution in [2.45, 2.75) is 27.7 Å². The van der Waals surface area contributed by atoms with Gasteiger partial charge >= 0.3 is 0 Å². The first-order chi connectivity index (χ1) is 11.0. The van der Waals surface area contributed by atoms with Gasteiger partial charge in [0.05, 0.1) is 0 Å². The van der Waals surface area contributed by atoms with Gasteiger partial charge in [0.15, 0.2) is 0 Å². The van der Waals surface area contributed by atoms with Crippen molar-refractivity contribution in [2.24, 2.45) is 5.92 Å². The molecule has 0 saturated heterocycles. The molecule has 5 heteroatoms. The molecule has 0 aliphatic rings.